The van der Waals surface area contributed by atoms with E-state index in [1.165, 1.54) is 16.7 Å². The van der Waals surface area contributed by atoms with E-state index in [-0.39, 0.29) is 0 Å². The van der Waals surface area contributed by atoms with Gasteiger partial charge in [0.2, 0.25) is 0 Å². The number of anilines is 1. The van der Waals surface area contributed by atoms with Crippen LogP contribution < -0.4 is 10.5 Å². The molecular weight excluding hydrogens is 282 g/mol. The number of hydrogen-bond donors (Lipinski definition) is 1. The first kappa shape index (κ1) is 15.2. The van der Waals surface area contributed by atoms with E-state index in [0.29, 0.717) is 6.61 Å². The van der Waals surface area contributed by atoms with Gasteiger partial charge in [-0.15, -0.1) is 0 Å². The first-order valence-corrected chi connectivity index (χ1v) is 7.90. The number of aryl methyl sites for hydroxylation is 2. The highest BCUT2D eigenvalue weighted by atomic mass is 16.5. The molecule has 0 aliphatic heterocycles. The summed E-state index contributed by atoms with van der Waals surface area (Å²) in [6, 6.07) is 26.6. The summed E-state index contributed by atoms with van der Waals surface area (Å²) in [5.41, 5.74) is 10.3. The third-order valence-electron chi connectivity index (χ3n) is 3.83. The third-order valence-corrected chi connectivity index (χ3v) is 3.83. The van der Waals surface area contributed by atoms with Gasteiger partial charge in [0.25, 0.3) is 0 Å². The van der Waals surface area contributed by atoms with Crippen molar-refractivity contribution in [1.82, 2.24) is 0 Å². The number of nitrogens with two attached hydrogens (primary N) is 1. The molecule has 0 aliphatic carbocycles. The summed E-state index contributed by atoms with van der Waals surface area (Å²) < 4.78 is 5.88. The standard InChI is InChI=1S/C21H21NO/c22-20-13-11-17(12-14-20)9-10-18-7-4-8-21(15-18)23-16-19-5-2-1-3-6-19/h1-8,11-15H,9-10,16,22H2. The van der Waals surface area contributed by atoms with Crippen molar-refractivity contribution in [2.24, 2.45) is 0 Å². The maximum absolute atomic E-state index is 5.88. The second-order valence-electron chi connectivity index (χ2n) is 5.66. The molecule has 3 aromatic rings. The van der Waals surface area contributed by atoms with Crippen molar-refractivity contribution in [1.29, 1.82) is 0 Å². The van der Waals surface area contributed by atoms with Gasteiger partial charge in [0.15, 0.2) is 0 Å². The zero-order valence-corrected chi connectivity index (χ0v) is 13.1. The molecule has 23 heavy (non-hydrogen) atoms. The Balaban J connectivity index is 1.57. The van der Waals surface area contributed by atoms with E-state index in [1.54, 1.807) is 0 Å². The Morgan fingerprint density at radius 1 is 0.652 bits per heavy atom. The van der Waals surface area contributed by atoms with Crippen LogP contribution in [0, 0.1) is 0 Å². The van der Waals surface area contributed by atoms with Crippen LogP contribution in [0.25, 0.3) is 0 Å². The summed E-state index contributed by atoms with van der Waals surface area (Å²) in [6.07, 6.45) is 1.99. The molecule has 0 bridgehead atoms. The molecule has 0 heterocycles. The predicted molar refractivity (Wildman–Crippen MR) is 95.5 cm³/mol. The largest absolute Gasteiger partial charge is 0.489 e. The van der Waals surface area contributed by atoms with Gasteiger partial charge in [0, 0.05) is 5.69 Å². The normalized spacial score (nSPS) is 10.4. The van der Waals surface area contributed by atoms with Crippen molar-refractivity contribution in [2.75, 3.05) is 5.73 Å². The zero-order chi connectivity index (χ0) is 15.9. The molecule has 116 valence electrons. The average molecular weight is 303 g/mol. The molecule has 0 amide bonds. The van der Waals surface area contributed by atoms with Crippen molar-refractivity contribution in [3.05, 3.63) is 95.6 Å². The van der Waals surface area contributed by atoms with Crippen LogP contribution in [0.1, 0.15) is 16.7 Å². The lowest BCUT2D eigenvalue weighted by molar-refractivity contribution is 0.306. The molecule has 0 saturated carbocycles. The van der Waals surface area contributed by atoms with Gasteiger partial charge < -0.3 is 10.5 Å². The molecule has 0 spiro atoms. The lowest BCUT2D eigenvalue weighted by atomic mass is 10.0. The fraction of sp³-hybridized carbons (Fsp3) is 0.143. The van der Waals surface area contributed by atoms with Crippen LogP contribution in [0.3, 0.4) is 0 Å². The average Bonchev–Trinajstić information content (AvgIpc) is 2.61. The molecule has 0 aliphatic rings. The van der Waals surface area contributed by atoms with Crippen LogP contribution in [-0.2, 0) is 19.4 Å². The van der Waals surface area contributed by atoms with E-state index in [9.17, 15) is 0 Å². The highest BCUT2D eigenvalue weighted by Gasteiger charge is 2.00. The van der Waals surface area contributed by atoms with Gasteiger partial charge in [-0.2, -0.15) is 0 Å². The van der Waals surface area contributed by atoms with Crippen molar-refractivity contribution < 1.29 is 4.74 Å². The fourth-order valence-corrected chi connectivity index (χ4v) is 2.50. The Hall–Kier alpha value is -2.74. The van der Waals surface area contributed by atoms with Gasteiger partial charge in [0.1, 0.15) is 12.4 Å². The zero-order valence-electron chi connectivity index (χ0n) is 13.1. The Morgan fingerprint density at radius 2 is 1.35 bits per heavy atom. The maximum atomic E-state index is 5.88. The van der Waals surface area contributed by atoms with Gasteiger partial charge in [-0.25, -0.2) is 0 Å². The molecule has 0 unspecified atom stereocenters. The fourth-order valence-electron chi connectivity index (χ4n) is 2.50. The van der Waals surface area contributed by atoms with Gasteiger partial charge in [-0.3, -0.25) is 0 Å². The van der Waals surface area contributed by atoms with Crippen molar-refractivity contribution in [2.45, 2.75) is 19.4 Å². The Morgan fingerprint density at radius 3 is 2.13 bits per heavy atom. The van der Waals surface area contributed by atoms with E-state index in [2.05, 4.69) is 42.5 Å². The van der Waals surface area contributed by atoms with Crippen molar-refractivity contribution >= 4 is 5.69 Å². The molecule has 0 fully saturated rings. The molecule has 3 aromatic carbocycles. The summed E-state index contributed by atoms with van der Waals surface area (Å²) in [6.45, 7) is 0.599. The molecular formula is C21H21NO. The lowest BCUT2D eigenvalue weighted by Crippen LogP contribution is -1.97. The molecule has 2 heteroatoms. The van der Waals surface area contributed by atoms with Crippen LogP contribution >= 0.6 is 0 Å². The highest BCUT2D eigenvalue weighted by molar-refractivity contribution is 5.39. The van der Waals surface area contributed by atoms with Crippen LogP contribution in [0.15, 0.2) is 78.9 Å². The quantitative estimate of drug-likeness (QED) is 0.674. The SMILES string of the molecule is Nc1ccc(CCc2cccc(OCc3ccccc3)c2)cc1. The summed E-state index contributed by atoms with van der Waals surface area (Å²) in [4.78, 5) is 0. The van der Waals surface area contributed by atoms with Crippen LogP contribution in [-0.4, -0.2) is 0 Å². The molecule has 0 radical (unpaired) electrons. The number of ether oxygens (including phenoxy) is 1. The summed E-state index contributed by atoms with van der Waals surface area (Å²) in [7, 11) is 0. The molecule has 2 nitrogen and oxygen atoms in total. The summed E-state index contributed by atoms with van der Waals surface area (Å²) >= 11 is 0. The van der Waals surface area contributed by atoms with E-state index < -0.39 is 0 Å². The van der Waals surface area contributed by atoms with Crippen molar-refractivity contribution in [3.63, 3.8) is 0 Å². The van der Waals surface area contributed by atoms with Gasteiger partial charge in [0.05, 0.1) is 0 Å². The number of benzene rings is 3. The number of hydrogen-bond acceptors (Lipinski definition) is 2. The van der Waals surface area contributed by atoms with Gasteiger partial charge in [-0.05, 0) is 53.8 Å². The van der Waals surface area contributed by atoms with Gasteiger partial charge in [-0.1, -0.05) is 54.6 Å². The Labute approximate surface area is 137 Å². The van der Waals surface area contributed by atoms with Crippen molar-refractivity contribution in [3.8, 4) is 5.75 Å². The second-order valence-corrected chi connectivity index (χ2v) is 5.66. The van der Waals surface area contributed by atoms with E-state index in [4.69, 9.17) is 10.5 Å². The third kappa shape index (κ3) is 4.62. The van der Waals surface area contributed by atoms with Crippen LogP contribution in [0.2, 0.25) is 0 Å². The van der Waals surface area contributed by atoms with E-state index in [1.807, 2.05) is 36.4 Å². The van der Waals surface area contributed by atoms with E-state index >= 15 is 0 Å². The molecule has 0 atom stereocenters. The first-order chi connectivity index (χ1) is 11.3. The monoisotopic (exact) mass is 303 g/mol. The molecule has 0 aromatic heterocycles. The Bertz CT molecular complexity index is 735. The molecule has 2 N–H and O–H groups in total. The number of nitrogen functional groups attached to an aromatic ring is 1. The minimum Gasteiger partial charge on any atom is -0.489 e. The molecule has 3 rings (SSSR count). The minimum absolute atomic E-state index is 0.599. The van der Waals surface area contributed by atoms with Crippen LogP contribution in [0.5, 0.6) is 5.75 Å². The number of rotatable bonds is 6. The topological polar surface area (TPSA) is 35.2 Å². The Kier molecular flexibility index (Phi) is 4.95. The summed E-state index contributed by atoms with van der Waals surface area (Å²) in [5, 5.41) is 0. The second kappa shape index (κ2) is 7.50. The molecule has 0 saturated heterocycles. The maximum Gasteiger partial charge on any atom is 0.120 e. The lowest BCUT2D eigenvalue weighted by Gasteiger charge is -2.08. The minimum atomic E-state index is 0.599. The smallest absolute Gasteiger partial charge is 0.120 e. The van der Waals surface area contributed by atoms with E-state index in [0.717, 1.165) is 24.3 Å². The highest BCUT2D eigenvalue weighted by Crippen LogP contribution is 2.17. The predicted octanol–water partition coefficient (Wildman–Crippen LogP) is 4.63. The van der Waals surface area contributed by atoms with Gasteiger partial charge >= 0.3 is 0 Å². The van der Waals surface area contributed by atoms with Crippen LogP contribution in [0.4, 0.5) is 5.69 Å². The summed E-state index contributed by atoms with van der Waals surface area (Å²) in [5.74, 6) is 0.920. The first-order valence-electron chi connectivity index (χ1n) is 7.90.